The Morgan fingerprint density at radius 3 is 2.86 bits per heavy atom. The number of aromatic nitrogens is 2. The first-order valence-corrected chi connectivity index (χ1v) is 4.49. The number of nitrogens with zero attached hydrogens (tertiary/aromatic N) is 2. The molecule has 2 aromatic rings. The van der Waals surface area contributed by atoms with E-state index in [-0.39, 0.29) is 0 Å². The van der Waals surface area contributed by atoms with Crippen LogP contribution < -0.4 is 5.73 Å². The van der Waals surface area contributed by atoms with E-state index in [1.54, 1.807) is 10.9 Å². The van der Waals surface area contributed by atoms with Crippen LogP contribution in [-0.4, -0.2) is 9.78 Å². The van der Waals surface area contributed by atoms with Crippen LogP contribution in [0.2, 0.25) is 0 Å². The molecule has 0 unspecified atom stereocenters. The molecule has 0 radical (unpaired) electrons. The van der Waals surface area contributed by atoms with E-state index in [9.17, 15) is 0 Å². The lowest BCUT2D eigenvalue weighted by molar-refractivity contribution is 0.513. The lowest BCUT2D eigenvalue weighted by Crippen LogP contribution is -1.95. The first kappa shape index (κ1) is 9.02. The highest BCUT2D eigenvalue weighted by Crippen LogP contribution is 2.26. The first-order chi connectivity index (χ1) is 6.72. The third-order valence-electron chi connectivity index (χ3n) is 2.23. The molecule has 0 saturated heterocycles. The summed E-state index contributed by atoms with van der Waals surface area (Å²) >= 11 is 0. The fourth-order valence-corrected chi connectivity index (χ4v) is 1.60. The topological polar surface area (TPSA) is 57.0 Å². The molecule has 0 fully saturated rings. The van der Waals surface area contributed by atoms with Gasteiger partial charge in [-0.05, 0) is 13.0 Å². The summed E-state index contributed by atoms with van der Waals surface area (Å²) in [4.78, 5) is 0. The predicted octanol–water partition coefficient (Wildman–Crippen LogP) is 1.45. The Hall–Kier alpha value is -1.55. The molecule has 4 heteroatoms. The number of hydrogen-bond acceptors (Lipinski definition) is 3. The van der Waals surface area contributed by atoms with Crippen LogP contribution >= 0.6 is 0 Å². The smallest absolute Gasteiger partial charge is 0.125 e. The van der Waals surface area contributed by atoms with Gasteiger partial charge in [-0.25, -0.2) is 0 Å². The summed E-state index contributed by atoms with van der Waals surface area (Å²) in [5.41, 5.74) is 8.68. The van der Waals surface area contributed by atoms with Crippen molar-refractivity contribution in [3.05, 3.63) is 30.0 Å². The van der Waals surface area contributed by atoms with Crippen LogP contribution in [0.4, 0.5) is 0 Å². The third-order valence-corrected chi connectivity index (χ3v) is 2.23. The van der Waals surface area contributed by atoms with Gasteiger partial charge in [0.2, 0.25) is 0 Å². The van der Waals surface area contributed by atoms with E-state index in [4.69, 9.17) is 10.2 Å². The molecule has 74 valence electrons. The van der Waals surface area contributed by atoms with Gasteiger partial charge in [-0.3, -0.25) is 4.68 Å². The fraction of sp³-hybridized carbons (Fsp3) is 0.300. The van der Waals surface area contributed by atoms with E-state index in [1.807, 2.05) is 26.2 Å². The molecule has 14 heavy (non-hydrogen) atoms. The molecule has 4 nitrogen and oxygen atoms in total. The normalized spacial score (nSPS) is 10.8. The Kier molecular flexibility index (Phi) is 2.13. The average Bonchev–Trinajstić information content (AvgIpc) is 2.71. The Bertz CT molecular complexity index is 442. The number of rotatable bonds is 2. The van der Waals surface area contributed by atoms with Gasteiger partial charge in [0.25, 0.3) is 0 Å². The highest BCUT2D eigenvalue weighted by molar-refractivity contribution is 5.66. The van der Waals surface area contributed by atoms with Crippen LogP contribution in [0.25, 0.3) is 11.1 Å². The Labute approximate surface area is 82.3 Å². The standard InChI is InChI=1S/C10H13N3O/c1-7-9(6-13(2)12-7)8-3-4-14-10(8)5-11/h3-4,6H,5,11H2,1-2H3. The minimum atomic E-state index is 0.413. The van der Waals surface area contributed by atoms with Gasteiger partial charge in [0.15, 0.2) is 0 Å². The molecule has 0 aliphatic heterocycles. The largest absolute Gasteiger partial charge is 0.467 e. The molecule has 0 aliphatic rings. The van der Waals surface area contributed by atoms with Crippen molar-refractivity contribution >= 4 is 0 Å². The van der Waals surface area contributed by atoms with Crippen molar-refractivity contribution in [3.63, 3.8) is 0 Å². The quantitative estimate of drug-likeness (QED) is 0.781. The molecule has 0 saturated carbocycles. The lowest BCUT2D eigenvalue weighted by atomic mass is 10.1. The summed E-state index contributed by atoms with van der Waals surface area (Å²) in [5.74, 6) is 0.807. The van der Waals surface area contributed by atoms with Crippen molar-refractivity contribution in [2.75, 3.05) is 0 Å². The van der Waals surface area contributed by atoms with Gasteiger partial charge in [-0.15, -0.1) is 0 Å². The molecule has 0 aromatic carbocycles. The van der Waals surface area contributed by atoms with Gasteiger partial charge < -0.3 is 10.2 Å². The molecule has 2 N–H and O–H groups in total. The van der Waals surface area contributed by atoms with Gasteiger partial charge in [0, 0.05) is 24.4 Å². The van der Waals surface area contributed by atoms with Gasteiger partial charge >= 0.3 is 0 Å². The molecule has 0 atom stereocenters. The van der Waals surface area contributed by atoms with Crippen molar-refractivity contribution < 1.29 is 4.42 Å². The Morgan fingerprint density at radius 2 is 2.29 bits per heavy atom. The van der Waals surface area contributed by atoms with Crippen molar-refractivity contribution in [3.8, 4) is 11.1 Å². The Balaban J connectivity index is 2.53. The molecule has 0 spiro atoms. The summed E-state index contributed by atoms with van der Waals surface area (Å²) in [6, 6.07) is 1.92. The molecular weight excluding hydrogens is 178 g/mol. The zero-order valence-electron chi connectivity index (χ0n) is 8.32. The molecule has 0 aliphatic carbocycles. The lowest BCUT2D eigenvalue weighted by Gasteiger charge is -1.97. The van der Waals surface area contributed by atoms with Crippen molar-refractivity contribution in [1.29, 1.82) is 0 Å². The van der Waals surface area contributed by atoms with Crippen LogP contribution in [0.3, 0.4) is 0 Å². The van der Waals surface area contributed by atoms with E-state index in [2.05, 4.69) is 5.10 Å². The van der Waals surface area contributed by atoms with E-state index in [0.717, 1.165) is 22.6 Å². The maximum Gasteiger partial charge on any atom is 0.125 e. The maximum absolute atomic E-state index is 5.57. The van der Waals surface area contributed by atoms with E-state index >= 15 is 0 Å². The van der Waals surface area contributed by atoms with Gasteiger partial charge in [-0.2, -0.15) is 5.10 Å². The molecule has 0 amide bonds. The summed E-state index contributed by atoms with van der Waals surface area (Å²) in [6.07, 6.45) is 3.63. The number of hydrogen-bond donors (Lipinski definition) is 1. The van der Waals surface area contributed by atoms with E-state index in [0.29, 0.717) is 6.54 Å². The second-order valence-electron chi connectivity index (χ2n) is 3.26. The summed E-state index contributed by atoms with van der Waals surface area (Å²) in [5, 5.41) is 4.28. The van der Waals surface area contributed by atoms with Crippen molar-refractivity contribution in [2.24, 2.45) is 12.8 Å². The van der Waals surface area contributed by atoms with E-state index in [1.165, 1.54) is 0 Å². The summed E-state index contributed by atoms with van der Waals surface area (Å²) in [7, 11) is 1.90. The summed E-state index contributed by atoms with van der Waals surface area (Å²) < 4.78 is 7.06. The van der Waals surface area contributed by atoms with Gasteiger partial charge in [0.1, 0.15) is 5.76 Å². The SMILES string of the molecule is Cc1nn(C)cc1-c1ccoc1CN. The first-order valence-electron chi connectivity index (χ1n) is 4.49. The zero-order valence-corrected chi connectivity index (χ0v) is 8.32. The second kappa shape index (κ2) is 3.31. The summed E-state index contributed by atoms with van der Waals surface area (Å²) in [6.45, 7) is 2.39. The molecule has 0 bridgehead atoms. The molecule has 2 aromatic heterocycles. The number of aryl methyl sites for hydroxylation is 2. The Morgan fingerprint density at radius 1 is 1.50 bits per heavy atom. The minimum absolute atomic E-state index is 0.413. The van der Waals surface area contributed by atoms with Crippen LogP contribution in [0.15, 0.2) is 22.9 Å². The monoisotopic (exact) mass is 191 g/mol. The van der Waals surface area contributed by atoms with Crippen LogP contribution in [0, 0.1) is 6.92 Å². The molecule has 2 rings (SSSR count). The number of nitrogens with two attached hydrogens (primary N) is 1. The number of furan rings is 1. The molecule has 2 heterocycles. The fourth-order valence-electron chi connectivity index (χ4n) is 1.60. The second-order valence-corrected chi connectivity index (χ2v) is 3.26. The van der Waals surface area contributed by atoms with Crippen LogP contribution in [-0.2, 0) is 13.6 Å². The van der Waals surface area contributed by atoms with Gasteiger partial charge in [0.05, 0.1) is 18.5 Å². The molecular formula is C10H13N3O. The minimum Gasteiger partial charge on any atom is -0.467 e. The third kappa shape index (κ3) is 1.33. The van der Waals surface area contributed by atoms with E-state index < -0.39 is 0 Å². The van der Waals surface area contributed by atoms with Gasteiger partial charge in [-0.1, -0.05) is 0 Å². The highest BCUT2D eigenvalue weighted by atomic mass is 16.3. The zero-order chi connectivity index (χ0) is 10.1. The van der Waals surface area contributed by atoms with Crippen molar-refractivity contribution in [2.45, 2.75) is 13.5 Å². The predicted molar refractivity (Wildman–Crippen MR) is 53.5 cm³/mol. The van der Waals surface area contributed by atoms with Crippen LogP contribution in [0.5, 0.6) is 0 Å². The highest BCUT2D eigenvalue weighted by Gasteiger charge is 2.11. The average molecular weight is 191 g/mol. The maximum atomic E-state index is 5.57. The van der Waals surface area contributed by atoms with Crippen LogP contribution in [0.1, 0.15) is 11.5 Å². The van der Waals surface area contributed by atoms with Crippen molar-refractivity contribution in [1.82, 2.24) is 9.78 Å².